The highest BCUT2D eigenvalue weighted by molar-refractivity contribution is 9.10. The number of amides is 2. The van der Waals surface area contributed by atoms with Gasteiger partial charge in [0.1, 0.15) is 0 Å². The van der Waals surface area contributed by atoms with Gasteiger partial charge in [-0.1, -0.05) is 28.1 Å². The van der Waals surface area contributed by atoms with Crippen molar-refractivity contribution in [2.45, 2.75) is 33.7 Å². The van der Waals surface area contributed by atoms with E-state index < -0.39 is 5.97 Å². The topological polar surface area (TPSA) is 60.9 Å². The van der Waals surface area contributed by atoms with Crippen LogP contribution in [0.15, 0.2) is 40.9 Å². The van der Waals surface area contributed by atoms with E-state index in [1.54, 1.807) is 9.80 Å². The summed E-state index contributed by atoms with van der Waals surface area (Å²) in [6, 6.07) is 11.7. The normalized spacial score (nSPS) is 17.1. The van der Waals surface area contributed by atoms with Crippen molar-refractivity contribution < 1.29 is 14.7 Å². The van der Waals surface area contributed by atoms with E-state index in [4.69, 9.17) is 0 Å². The van der Waals surface area contributed by atoms with Crippen LogP contribution in [0.1, 0.15) is 28.7 Å². The number of carbonyl (C=O) groups is 2. The Hall–Kier alpha value is -2.34. The second kappa shape index (κ2) is 8.35. The van der Waals surface area contributed by atoms with Gasteiger partial charge in [-0.15, -0.1) is 0 Å². The predicted octanol–water partition coefficient (Wildman–Crippen LogP) is 4.91. The molecule has 0 spiro atoms. The van der Waals surface area contributed by atoms with Crippen molar-refractivity contribution in [3.05, 3.63) is 63.1 Å². The molecule has 1 N–H and O–H groups in total. The first-order valence-corrected chi connectivity index (χ1v) is 10.1. The summed E-state index contributed by atoms with van der Waals surface area (Å²) in [5.74, 6) is -0.955. The summed E-state index contributed by atoms with van der Waals surface area (Å²) in [6.45, 7) is 7.54. The van der Waals surface area contributed by atoms with Gasteiger partial charge in [0.2, 0.25) is 0 Å². The maximum atomic E-state index is 13.2. The molecule has 2 aromatic rings. The first-order valence-electron chi connectivity index (χ1n) is 9.35. The molecule has 1 fully saturated rings. The Morgan fingerprint density at radius 1 is 1.07 bits per heavy atom. The second-order valence-corrected chi connectivity index (χ2v) is 8.49. The van der Waals surface area contributed by atoms with Gasteiger partial charge in [0.15, 0.2) is 0 Å². The molecule has 1 unspecified atom stereocenters. The minimum atomic E-state index is -0.836. The zero-order valence-electron chi connectivity index (χ0n) is 16.4. The summed E-state index contributed by atoms with van der Waals surface area (Å²) in [4.78, 5) is 28.0. The molecule has 2 aromatic carbocycles. The van der Waals surface area contributed by atoms with Crippen molar-refractivity contribution in [3.63, 3.8) is 0 Å². The van der Waals surface area contributed by atoms with Crippen LogP contribution in [0, 0.1) is 26.7 Å². The van der Waals surface area contributed by atoms with Gasteiger partial charge in [-0.3, -0.25) is 9.69 Å². The van der Waals surface area contributed by atoms with Crippen LogP contribution < -0.4 is 4.90 Å². The van der Waals surface area contributed by atoms with E-state index in [1.165, 1.54) is 11.1 Å². The van der Waals surface area contributed by atoms with Crippen LogP contribution in [0.4, 0.5) is 10.5 Å². The molecule has 148 valence electrons. The number of carboxylic acid groups (broad SMARTS) is 1. The molecule has 5 nitrogen and oxygen atoms in total. The number of urea groups is 1. The Kier molecular flexibility index (Phi) is 6.08. The van der Waals surface area contributed by atoms with Crippen molar-refractivity contribution in [1.82, 2.24) is 4.90 Å². The number of hydrogen-bond acceptors (Lipinski definition) is 2. The summed E-state index contributed by atoms with van der Waals surface area (Å²) >= 11 is 3.41. The van der Waals surface area contributed by atoms with Gasteiger partial charge in [0.05, 0.1) is 6.42 Å². The smallest absolute Gasteiger partial charge is 0.324 e. The molecule has 1 saturated heterocycles. The van der Waals surface area contributed by atoms with E-state index in [-0.39, 0.29) is 18.4 Å². The summed E-state index contributed by atoms with van der Waals surface area (Å²) in [7, 11) is 0. The Bertz CT molecular complexity index is 895. The minimum absolute atomic E-state index is 0.0444. The molecule has 6 heteroatoms. The van der Waals surface area contributed by atoms with E-state index in [1.807, 2.05) is 24.3 Å². The van der Waals surface area contributed by atoms with E-state index in [0.717, 1.165) is 21.3 Å². The van der Waals surface area contributed by atoms with Gasteiger partial charge in [-0.25, -0.2) is 4.79 Å². The molecule has 0 aliphatic carbocycles. The Morgan fingerprint density at radius 2 is 1.71 bits per heavy atom. The van der Waals surface area contributed by atoms with Gasteiger partial charge < -0.3 is 10.0 Å². The Balaban J connectivity index is 1.90. The van der Waals surface area contributed by atoms with E-state index in [9.17, 15) is 14.7 Å². The SMILES string of the molecule is Cc1cc(C)c(CN2CC(CC(=O)O)CN(c3ccc(Br)cc3)C2=O)cc1C. The number of hydrogen-bond donors (Lipinski definition) is 1. The number of anilines is 1. The quantitative estimate of drug-likeness (QED) is 0.712. The molecular formula is C22H25BrN2O3. The van der Waals surface area contributed by atoms with Crippen molar-refractivity contribution in [2.75, 3.05) is 18.0 Å². The summed E-state index contributed by atoms with van der Waals surface area (Å²) in [5.41, 5.74) is 5.45. The lowest BCUT2D eigenvalue weighted by Crippen LogP contribution is -2.53. The van der Waals surface area contributed by atoms with E-state index in [2.05, 4.69) is 48.8 Å². The Labute approximate surface area is 174 Å². The molecule has 1 heterocycles. The molecule has 0 bridgehead atoms. The van der Waals surface area contributed by atoms with Crippen molar-refractivity contribution in [2.24, 2.45) is 5.92 Å². The first kappa shape index (κ1) is 20.4. The van der Waals surface area contributed by atoms with Gasteiger partial charge in [-0.2, -0.15) is 0 Å². The fraction of sp³-hybridized carbons (Fsp3) is 0.364. The van der Waals surface area contributed by atoms with Gasteiger partial charge in [0, 0.05) is 35.7 Å². The molecule has 1 atom stereocenters. The second-order valence-electron chi connectivity index (χ2n) is 7.58. The third kappa shape index (κ3) is 4.55. The molecule has 2 amide bonds. The number of carboxylic acids is 1. The summed E-state index contributed by atoms with van der Waals surface area (Å²) in [5, 5.41) is 9.28. The fourth-order valence-corrected chi connectivity index (χ4v) is 3.96. The lowest BCUT2D eigenvalue weighted by atomic mass is 9.98. The number of aliphatic carboxylic acids is 1. The van der Waals surface area contributed by atoms with Crippen LogP contribution in [-0.4, -0.2) is 35.1 Å². The van der Waals surface area contributed by atoms with Gasteiger partial charge in [-0.05, 0) is 67.3 Å². The average molecular weight is 445 g/mol. The minimum Gasteiger partial charge on any atom is -0.481 e. The van der Waals surface area contributed by atoms with Crippen LogP contribution in [0.2, 0.25) is 0 Å². The zero-order chi connectivity index (χ0) is 20.4. The van der Waals surface area contributed by atoms with Crippen LogP contribution in [0.5, 0.6) is 0 Å². The lowest BCUT2D eigenvalue weighted by Gasteiger charge is -2.40. The number of carbonyl (C=O) groups excluding carboxylic acids is 1. The molecule has 0 radical (unpaired) electrons. The van der Waals surface area contributed by atoms with Crippen LogP contribution in [-0.2, 0) is 11.3 Å². The highest BCUT2D eigenvalue weighted by atomic mass is 79.9. The maximum absolute atomic E-state index is 13.2. The van der Waals surface area contributed by atoms with E-state index in [0.29, 0.717) is 19.6 Å². The summed E-state index contributed by atoms with van der Waals surface area (Å²) in [6.07, 6.45) is 0.0444. The zero-order valence-corrected chi connectivity index (χ0v) is 18.0. The fourth-order valence-electron chi connectivity index (χ4n) is 3.70. The highest BCUT2D eigenvalue weighted by Crippen LogP contribution is 2.27. The molecule has 3 rings (SSSR count). The van der Waals surface area contributed by atoms with Gasteiger partial charge >= 0.3 is 12.0 Å². The predicted molar refractivity (Wildman–Crippen MR) is 114 cm³/mol. The third-order valence-corrected chi connectivity index (χ3v) is 5.86. The van der Waals surface area contributed by atoms with Crippen molar-refractivity contribution in [1.29, 1.82) is 0 Å². The van der Waals surface area contributed by atoms with Crippen LogP contribution >= 0.6 is 15.9 Å². The monoisotopic (exact) mass is 444 g/mol. The lowest BCUT2D eigenvalue weighted by molar-refractivity contribution is -0.138. The van der Waals surface area contributed by atoms with Crippen molar-refractivity contribution >= 4 is 33.6 Å². The molecule has 1 aliphatic rings. The number of rotatable bonds is 5. The number of aryl methyl sites for hydroxylation is 3. The van der Waals surface area contributed by atoms with Crippen LogP contribution in [0.25, 0.3) is 0 Å². The molecule has 28 heavy (non-hydrogen) atoms. The van der Waals surface area contributed by atoms with Crippen LogP contribution in [0.3, 0.4) is 0 Å². The van der Waals surface area contributed by atoms with Gasteiger partial charge in [0.25, 0.3) is 0 Å². The molecular weight excluding hydrogens is 420 g/mol. The summed E-state index contributed by atoms with van der Waals surface area (Å²) < 4.78 is 0.936. The first-order chi connectivity index (χ1) is 13.2. The Morgan fingerprint density at radius 3 is 2.36 bits per heavy atom. The standard InChI is InChI=1S/C22H25BrN2O3/c1-14-8-16(3)18(9-15(14)2)13-24-11-17(10-21(26)27)12-25(22(24)28)20-6-4-19(23)5-7-20/h4-9,17H,10-13H2,1-3H3,(H,26,27). The van der Waals surface area contributed by atoms with Crippen molar-refractivity contribution in [3.8, 4) is 0 Å². The molecule has 0 aromatic heterocycles. The maximum Gasteiger partial charge on any atom is 0.324 e. The highest BCUT2D eigenvalue weighted by Gasteiger charge is 2.34. The average Bonchev–Trinajstić information content (AvgIpc) is 2.62. The molecule has 0 saturated carbocycles. The number of halogens is 1. The number of benzene rings is 2. The third-order valence-electron chi connectivity index (χ3n) is 5.34. The largest absolute Gasteiger partial charge is 0.481 e. The molecule has 1 aliphatic heterocycles. The van der Waals surface area contributed by atoms with E-state index >= 15 is 0 Å². The number of nitrogens with zero attached hydrogens (tertiary/aromatic N) is 2.